The highest BCUT2D eigenvalue weighted by Gasteiger charge is 2.37. The molecule has 0 spiro atoms. The van der Waals surface area contributed by atoms with E-state index in [2.05, 4.69) is 11.0 Å². The van der Waals surface area contributed by atoms with Crippen LogP contribution in [0.15, 0.2) is 78.9 Å². The summed E-state index contributed by atoms with van der Waals surface area (Å²) in [4.78, 5) is 32.6. The largest absolute Gasteiger partial charge is 0.417 e. The van der Waals surface area contributed by atoms with Crippen LogP contribution in [0.3, 0.4) is 0 Å². The number of carbonyl (C=O) groups is 2. The molecule has 0 N–H and O–H groups in total. The molecule has 2 aliphatic rings. The molecule has 206 valence electrons. The standard InChI is InChI=1S/C32H30F3N3O2/c33-32(34,35)28-12-6-5-11-27(28)30(39)37-15-13-24(14-16-37)36-17-19-38(20-18-36)31(40)29-25-9-3-1-7-22(25)21-23-8-2-4-10-26(23)29/h1-12,21,24H,13-20H2. The minimum Gasteiger partial charge on any atom is -0.339 e. The Balaban J connectivity index is 1.11. The second-order valence-electron chi connectivity index (χ2n) is 10.6. The van der Waals surface area contributed by atoms with Crippen molar-refractivity contribution in [2.75, 3.05) is 39.3 Å². The van der Waals surface area contributed by atoms with E-state index in [4.69, 9.17) is 0 Å². The predicted molar refractivity (Wildman–Crippen MR) is 149 cm³/mol. The molecule has 2 saturated heterocycles. The average molecular weight is 546 g/mol. The number of alkyl halides is 3. The first-order valence-corrected chi connectivity index (χ1v) is 13.7. The first-order valence-electron chi connectivity index (χ1n) is 13.7. The van der Waals surface area contributed by atoms with E-state index >= 15 is 0 Å². The number of piperidine rings is 1. The van der Waals surface area contributed by atoms with Crippen LogP contribution in [0.1, 0.15) is 39.1 Å². The summed E-state index contributed by atoms with van der Waals surface area (Å²) in [6, 6.07) is 23.3. The van der Waals surface area contributed by atoms with Gasteiger partial charge in [-0.3, -0.25) is 14.5 Å². The summed E-state index contributed by atoms with van der Waals surface area (Å²) in [7, 11) is 0. The van der Waals surface area contributed by atoms with Crippen molar-refractivity contribution < 1.29 is 22.8 Å². The van der Waals surface area contributed by atoms with Gasteiger partial charge in [-0.1, -0.05) is 60.7 Å². The Morgan fingerprint density at radius 3 is 1.77 bits per heavy atom. The SMILES string of the molecule is O=C(c1ccccc1C(F)(F)F)N1CCC(N2CCN(C(=O)c3c4ccccc4cc4ccccc34)CC2)CC1. The first kappa shape index (κ1) is 26.3. The summed E-state index contributed by atoms with van der Waals surface area (Å²) in [6.07, 6.45) is -3.18. The zero-order valence-corrected chi connectivity index (χ0v) is 22.0. The van der Waals surface area contributed by atoms with Crippen molar-refractivity contribution >= 4 is 33.4 Å². The van der Waals surface area contributed by atoms with Crippen molar-refractivity contribution in [3.05, 3.63) is 95.6 Å². The molecule has 5 nitrogen and oxygen atoms in total. The van der Waals surface area contributed by atoms with Crippen LogP contribution in [0.4, 0.5) is 13.2 Å². The van der Waals surface area contributed by atoms with Gasteiger partial charge in [-0.15, -0.1) is 0 Å². The van der Waals surface area contributed by atoms with Crippen molar-refractivity contribution in [3.63, 3.8) is 0 Å². The third-order valence-electron chi connectivity index (χ3n) is 8.32. The van der Waals surface area contributed by atoms with Crippen LogP contribution in [0.2, 0.25) is 0 Å². The molecule has 0 saturated carbocycles. The third kappa shape index (κ3) is 4.92. The summed E-state index contributed by atoms with van der Waals surface area (Å²) in [6.45, 7) is 3.49. The molecule has 6 rings (SSSR count). The molecule has 0 bridgehead atoms. The fraction of sp³-hybridized carbons (Fsp3) is 0.312. The smallest absolute Gasteiger partial charge is 0.339 e. The van der Waals surface area contributed by atoms with Gasteiger partial charge in [0, 0.05) is 45.3 Å². The molecule has 2 amide bonds. The summed E-state index contributed by atoms with van der Waals surface area (Å²) in [5.41, 5.74) is -0.434. The maximum atomic E-state index is 13.8. The van der Waals surface area contributed by atoms with E-state index in [1.807, 2.05) is 53.4 Å². The van der Waals surface area contributed by atoms with Gasteiger partial charge in [-0.05, 0) is 52.6 Å². The third-order valence-corrected chi connectivity index (χ3v) is 8.32. The number of hydrogen-bond acceptors (Lipinski definition) is 3. The van der Waals surface area contributed by atoms with Crippen molar-refractivity contribution in [1.82, 2.24) is 14.7 Å². The lowest BCUT2D eigenvalue weighted by Gasteiger charge is -2.43. The van der Waals surface area contributed by atoms with Crippen molar-refractivity contribution in [1.29, 1.82) is 0 Å². The van der Waals surface area contributed by atoms with Crippen molar-refractivity contribution in [2.45, 2.75) is 25.1 Å². The van der Waals surface area contributed by atoms with Gasteiger partial charge in [-0.25, -0.2) is 0 Å². The van der Waals surface area contributed by atoms with Gasteiger partial charge in [0.1, 0.15) is 0 Å². The zero-order chi connectivity index (χ0) is 27.9. The highest BCUT2D eigenvalue weighted by molar-refractivity contribution is 6.18. The number of benzene rings is 4. The Labute approximate surface area is 230 Å². The van der Waals surface area contributed by atoms with E-state index in [-0.39, 0.29) is 17.5 Å². The predicted octanol–water partition coefficient (Wildman–Crippen LogP) is 6.07. The molecule has 0 aromatic heterocycles. The van der Waals surface area contributed by atoms with E-state index in [0.717, 1.165) is 46.3 Å². The fourth-order valence-electron chi connectivity index (χ4n) is 6.21. The number of nitrogens with zero attached hydrogens (tertiary/aromatic N) is 3. The highest BCUT2D eigenvalue weighted by Crippen LogP contribution is 2.33. The molecule has 2 aliphatic heterocycles. The molecule has 2 fully saturated rings. The lowest BCUT2D eigenvalue weighted by molar-refractivity contribution is -0.138. The Morgan fingerprint density at radius 1 is 0.650 bits per heavy atom. The number of carbonyl (C=O) groups excluding carboxylic acids is 2. The van der Waals surface area contributed by atoms with Gasteiger partial charge in [-0.2, -0.15) is 13.2 Å². The second kappa shape index (κ2) is 10.6. The number of halogens is 3. The monoisotopic (exact) mass is 545 g/mol. The zero-order valence-electron chi connectivity index (χ0n) is 22.0. The average Bonchev–Trinajstić information content (AvgIpc) is 2.99. The molecule has 40 heavy (non-hydrogen) atoms. The van der Waals surface area contributed by atoms with Crippen molar-refractivity contribution in [3.8, 4) is 0 Å². The normalized spacial score (nSPS) is 17.5. The van der Waals surface area contributed by atoms with Crippen LogP contribution in [0, 0.1) is 0 Å². The van der Waals surface area contributed by atoms with Gasteiger partial charge in [0.25, 0.3) is 11.8 Å². The quantitative estimate of drug-likeness (QED) is 0.294. The molecule has 8 heteroatoms. The summed E-state index contributed by atoms with van der Waals surface area (Å²) >= 11 is 0. The van der Waals surface area contributed by atoms with E-state index in [9.17, 15) is 22.8 Å². The molecule has 4 aromatic rings. The molecule has 0 radical (unpaired) electrons. The molecule has 0 unspecified atom stereocenters. The van der Waals surface area contributed by atoms with E-state index in [1.54, 1.807) is 0 Å². The Morgan fingerprint density at radius 2 is 1.18 bits per heavy atom. The second-order valence-corrected chi connectivity index (χ2v) is 10.6. The number of fused-ring (bicyclic) bond motifs is 2. The lowest BCUT2D eigenvalue weighted by Crippen LogP contribution is -2.54. The van der Waals surface area contributed by atoms with Crippen LogP contribution < -0.4 is 0 Å². The summed E-state index contributed by atoms with van der Waals surface area (Å²) in [5, 5.41) is 4.00. The van der Waals surface area contributed by atoms with E-state index < -0.39 is 17.6 Å². The van der Waals surface area contributed by atoms with Gasteiger partial charge in [0.2, 0.25) is 0 Å². The maximum Gasteiger partial charge on any atom is 0.417 e. The summed E-state index contributed by atoms with van der Waals surface area (Å²) < 4.78 is 40.3. The van der Waals surface area contributed by atoms with Crippen LogP contribution in [0.25, 0.3) is 21.5 Å². The molecular formula is C32H30F3N3O2. The number of hydrogen-bond donors (Lipinski definition) is 0. The Kier molecular flexibility index (Phi) is 6.96. The molecular weight excluding hydrogens is 515 g/mol. The highest BCUT2D eigenvalue weighted by atomic mass is 19.4. The van der Waals surface area contributed by atoms with E-state index in [0.29, 0.717) is 39.0 Å². The Bertz CT molecular complexity index is 1520. The number of likely N-dealkylation sites (tertiary alicyclic amines) is 1. The minimum absolute atomic E-state index is 0.0383. The first-order chi connectivity index (χ1) is 19.3. The van der Waals surface area contributed by atoms with Crippen LogP contribution >= 0.6 is 0 Å². The van der Waals surface area contributed by atoms with Crippen molar-refractivity contribution in [2.24, 2.45) is 0 Å². The molecule has 0 aliphatic carbocycles. The van der Waals surface area contributed by atoms with Crippen LogP contribution in [0.5, 0.6) is 0 Å². The number of amides is 2. The van der Waals surface area contributed by atoms with Gasteiger partial charge >= 0.3 is 6.18 Å². The topological polar surface area (TPSA) is 43.9 Å². The van der Waals surface area contributed by atoms with Crippen LogP contribution in [-0.4, -0.2) is 71.8 Å². The number of rotatable bonds is 3. The van der Waals surface area contributed by atoms with E-state index in [1.165, 1.54) is 23.1 Å². The van der Waals surface area contributed by atoms with Crippen LogP contribution in [-0.2, 0) is 6.18 Å². The molecule has 0 atom stereocenters. The minimum atomic E-state index is -4.57. The Hall–Kier alpha value is -3.91. The molecule has 4 aromatic carbocycles. The lowest BCUT2D eigenvalue weighted by atomic mass is 9.95. The fourth-order valence-corrected chi connectivity index (χ4v) is 6.21. The molecule has 2 heterocycles. The maximum absolute atomic E-state index is 13.8. The van der Waals surface area contributed by atoms with Gasteiger partial charge in [0.05, 0.1) is 16.7 Å². The summed E-state index contributed by atoms with van der Waals surface area (Å²) in [5.74, 6) is -0.527. The van der Waals surface area contributed by atoms with Gasteiger partial charge in [0.15, 0.2) is 0 Å². The van der Waals surface area contributed by atoms with Gasteiger partial charge < -0.3 is 9.80 Å². The number of piperazine rings is 1.